The fraction of sp³-hybridized carbons (Fsp3) is 0.222. The molecule has 4 aromatic rings. The first-order valence-corrected chi connectivity index (χ1v) is 13.2. The Balaban J connectivity index is 1.30. The minimum atomic E-state index is -3.62. The number of nitrogens with zero attached hydrogens (tertiary/aromatic N) is 4. The number of fused-ring (bicyclic) bond motifs is 1. The largest absolute Gasteiger partial charge is 0.368 e. The quantitative estimate of drug-likeness (QED) is 0.426. The number of piperazine rings is 1. The summed E-state index contributed by atoms with van der Waals surface area (Å²) in [6.07, 6.45) is 5.15. The van der Waals surface area contributed by atoms with Gasteiger partial charge < -0.3 is 9.80 Å². The SMILES string of the molecule is Cc1cc(C(=O)N2CCN(c3ccncc3)CC2)ccc1CS(=O)(=O)c1cccc2cccnc12. The van der Waals surface area contributed by atoms with E-state index >= 15 is 0 Å². The number of carbonyl (C=O) groups excluding carboxylic acids is 1. The molecule has 8 heteroatoms. The average molecular weight is 487 g/mol. The third-order valence-corrected chi connectivity index (χ3v) is 8.15. The molecule has 5 rings (SSSR count). The van der Waals surface area contributed by atoms with Crippen molar-refractivity contribution in [1.82, 2.24) is 14.9 Å². The van der Waals surface area contributed by atoms with E-state index in [1.807, 2.05) is 36.1 Å². The van der Waals surface area contributed by atoms with E-state index < -0.39 is 9.84 Å². The zero-order valence-electron chi connectivity index (χ0n) is 19.5. The van der Waals surface area contributed by atoms with Crippen molar-refractivity contribution in [2.45, 2.75) is 17.6 Å². The zero-order valence-corrected chi connectivity index (χ0v) is 20.3. The first kappa shape index (κ1) is 23.0. The molecular formula is C27H26N4O3S. The number of benzene rings is 2. The molecule has 0 saturated carbocycles. The minimum Gasteiger partial charge on any atom is -0.368 e. The van der Waals surface area contributed by atoms with Gasteiger partial charge in [-0.05, 0) is 54.4 Å². The van der Waals surface area contributed by atoms with E-state index in [9.17, 15) is 13.2 Å². The molecule has 2 aromatic heterocycles. The summed E-state index contributed by atoms with van der Waals surface area (Å²) in [5.74, 6) is -0.178. The van der Waals surface area contributed by atoms with E-state index in [2.05, 4.69) is 14.9 Å². The van der Waals surface area contributed by atoms with Crippen molar-refractivity contribution in [2.24, 2.45) is 0 Å². The van der Waals surface area contributed by atoms with Gasteiger partial charge in [-0.15, -0.1) is 0 Å². The Hall–Kier alpha value is -3.78. The third kappa shape index (κ3) is 4.74. The molecule has 7 nitrogen and oxygen atoms in total. The lowest BCUT2D eigenvalue weighted by Gasteiger charge is -2.36. The third-order valence-electron chi connectivity index (χ3n) is 6.46. The van der Waals surface area contributed by atoms with Crippen LogP contribution in [0.15, 0.2) is 84.1 Å². The predicted octanol–water partition coefficient (Wildman–Crippen LogP) is 3.87. The van der Waals surface area contributed by atoms with Crippen LogP contribution < -0.4 is 4.90 Å². The van der Waals surface area contributed by atoms with Crippen LogP contribution in [0.1, 0.15) is 21.5 Å². The number of pyridine rings is 2. The van der Waals surface area contributed by atoms with Gasteiger partial charge in [0.2, 0.25) is 0 Å². The monoisotopic (exact) mass is 486 g/mol. The van der Waals surface area contributed by atoms with Crippen molar-refractivity contribution in [2.75, 3.05) is 31.1 Å². The van der Waals surface area contributed by atoms with Crippen LogP contribution >= 0.6 is 0 Å². The molecule has 0 aliphatic carbocycles. The fourth-order valence-corrected chi connectivity index (χ4v) is 6.15. The normalized spacial score (nSPS) is 14.3. The Morgan fingerprint density at radius 2 is 1.66 bits per heavy atom. The molecule has 1 fully saturated rings. The number of hydrogen-bond donors (Lipinski definition) is 0. The summed E-state index contributed by atoms with van der Waals surface area (Å²) < 4.78 is 26.5. The zero-order chi connectivity index (χ0) is 24.4. The fourth-order valence-electron chi connectivity index (χ4n) is 4.51. The van der Waals surface area contributed by atoms with Crippen molar-refractivity contribution in [1.29, 1.82) is 0 Å². The van der Waals surface area contributed by atoms with Crippen LogP contribution in [0.5, 0.6) is 0 Å². The number of para-hydroxylation sites is 1. The van der Waals surface area contributed by atoms with Gasteiger partial charge >= 0.3 is 0 Å². The van der Waals surface area contributed by atoms with E-state index in [1.54, 1.807) is 55.0 Å². The lowest BCUT2D eigenvalue weighted by Crippen LogP contribution is -2.48. The summed E-state index contributed by atoms with van der Waals surface area (Å²) in [6.45, 7) is 4.62. The number of amides is 1. The van der Waals surface area contributed by atoms with Crippen LogP contribution in [0.3, 0.4) is 0 Å². The number of carbonyl (C=O) groups is 1. The summed E-state index contributed by atoms with van der Waals surface area (Å²) in [4.78, 5) is 25.8. The van der Waals surface area contributed by atoms with E-state index in [0.29, 0.717) is 29.7 Å². The highest BCUT2D eigenvalue weighted by Gasteiger charge is 2.24. The molecule has 2 aromatic carbocycles. The van der Waals surface area contributed by atoms with Crippen LogP contribution in [0.4, 0.5) is 5.69 Å². The highest BCUT2D eigenvalue weighted by molar-refractivity contribution is 7.90. The second-order valence-electron chi connectivity index (χ2n) is 8.72. The second kappa shape index (κ2) is 9.46. The lowest BCUT2D eigenvalue weighted by molar-refractivity contribution is 0.0746. The Labute approximate surface area is 205 Å². The van der Waals surface area contributed by atoms with Gasteiger partial charge in [-0.3, -0.25) is 14.8 Å². The van der Waals surface area contributed by atoms with Crippen LogP contribution in [-0.2, 0) is 15.6 Å². The van der Waals surface area contributed by atoms with Crippen LogP contribution in [-0.4, -0.2) is 55.4 Å². The first-order valence-electron chi connectivity index (χ1n) is 11.5. The van der Waals surface area contributed by atoms with Gasteiger partial charge in [-0.25, -0.2) is 8.42 Å². The maximum Gasteiger partial charge on any atom is 0.253 e. The van der Waals surface area contributed by atoms with Crippen molar-refractivity contribution < 1.29 is 13.2 Å². The summed E-state index contributed by atoms with van der Waals surface area (Å²) >= 11 is 0. The van der Waals surface area contributed by atoms with Gasteiger partial charge in [0.15, 0.2) is 9.84 Å². The van der Waals surface area contributed by atoms with Crippen LogP contribution in [0, 0.1) is 6.92 Å². The van der Waals surface area contributed by atoms with Gasteiger partial charge in [-0.1, -0.05) is 24.3 Å². The van der Waals surface area contributed by atoms with Gasteiger partial charge in [-0.2, -0.15) is 0 Å². The molecule has 178 valence electrons. The number of aryl methyl sites for hydroxylation is 1. The van der Waals surface area contributed by atoms with E-state index in [-0.39, 0.29) is 16.6 Å². The topological polar surface area (TPSA) is 83.5 Å². The second-order valence-corrected chi connectivity index (χ2v) is 10.7. The molecule has 1 saturated heterocycles. The molecule has 35 heavy (non-hydrogen) atoms. The molecule has 0 bridgehead atoms. The molecule has 0 atom stereocenters. The number of aromatic nitrogens is 2. The highest BCUT2D eigenvalue weighted by Crippen LogP contribution is 2.26. The maximum atomic E-state index is 13.3. The predicted molar refractivity (Wildman–Crippen MR) is 136 cm³/mol. The summed E-state index contributed by atoms with van der Waals surface area (Å²) in [5.41, 5.74) is 3.62. The molecular weight excluding hydrogens is 460 g/mol. The van der Waals surface area contributed by atoms with Gasteiger partial charge in [0.1, 0.15) is 0 Å². The highest BCUT2D eigenvalue weighted by atomic mass is 32.2. The minimum absolute atomic E-state index is 0.0323. The lowest BCUT2D eigenvalue weighted by atomic mass is 10.1. The molecule has 1 amide bonds. The van der Waals surface area contributed by atoms with Gasteiger partial charge in [0.05, 0.1) is 16.2 Å². The van der Waals surface area contributed by atoms with Crippen LogP contribution in [0.25, 0.3) is 10.9 Å². The number of hydrogen-bond acceptors (Lipinski definition) is 6. The van der Waals surface area contributed by atoms with Crippen LogP contribution in [0.2, 0.25) is 0 Å². The smallest absolute Gasteiger partial charge is 0.253 e. The average Bonchev–Trinajstić information content (AvgIpc) is 2.89. The van der Waals surface area contributed by atoms with Crippen molar-refractivity contribution in [3.05, 3.63) is 95.9 Å². The molecule has 0 unspecified atom stereocenters. The van der Waals surface area contributed by atoms with E-state index in [1.165, 1.54) is 0 Å². The van der Waals surface area contributed by atoms with E-state index in [4.69, 9.17) is 0 Å². The molecule has 1 aliphatic heterocycles. The Morgan fingerprint density at radius 3 is 2.40 bits per heavy atom. The van der Waals surface area contributed by atoms with Crippen molar-refractivity contribution >= 4 is 32.3 Å². The molecule has 0 spiro atoms. The van der Waals surface area contributed by atoms with Gasteiger partial charge in [0, 0.05) is 61.4 Å². The molecule has 1 aliphatic rings. The number of sulfone groups is 1. The first-order chi connectivity index (χ1) is 16.9. The Kier molecular flexibility index (Phi) is 6.21. The standard InChI is InChI=1S/C27H26N4O3S/c1-20-18-22(27(32)31-16-14-30(15-17-31)24-9-12-28-13-10-24)7-8-23(20)19-35(33,34)25-6-2-4-21-5-3-11-29-26(21)25/h2-13,18H,14-17,19H2,1H3. The number of anilines is 1. The molecule has 0 radical (unpaired) electrons. The van der Waals surface area contributed by atoms with Gasteiger partial charge in [0.25, 0.3) is 5.91 Å². The number of rotatable bonds is 5. The summed E-state index contributed by atoms with van der Waals surface area (Å²) in [7, 11) is -3.62. The molecule has 0 N–H and O–H groups in total. The summed E-state index contributed by atoms with van der Waals surface area (Å²) in [5, 5.41) is 0.787. The van der Waals surface area contributed by atoms with E-state index in [0.717, 1.165) is 29.7 Å². The summed E-state index contributed by atoms with van der Waals surface area (Å²) in [6, 6.07) is 18.1. The Morgan fingerprint density at radius 1 is 0.914 bits per heavy atom. The maximum absolute atomic E-state index is 13.3. The van der Waals surface area contributed by atoms with Crippen molar-refractivity contribution in [3.63, 3.8) is 0 Å². The molecule has 3 heterocycles. The Bertz CT molecular complexity index is 1480. The van der Waals surface area contributed by atoms with Crippen molar-refractivity contribution in [3.8, 4) is 0 Å².